The maximum absolute atomic E-state index is 12.4. The molecule has 1 aromatic heterocycles. The van der Waals surface area contributed by atoms with Crippen LogP contribution in [0.1, 0.15) is 44.6 Å². The molecule has 138 valence electrons. The number of carbonyl (C=O) groups is 1. The molecule has 3 aliphatic rings. The van der Waals surface area contributed by atoms with Crippen LogP contribution in [0.5, 0.6) is 0 Å². The lowest BCUT2D eigenvalue weighted by atomic mass is 9.83. The highest BCUT2D eigenvalue weighted by Gasteiger charge is 2.51. The number of piperidine rings is 1. The minimum Gasteiger partial charge on any atom is -0.444 e. The molecule has 3 aliphatic heterocycles. The number of fused-ring (bicyclic) bond motifs is 2. The van der Waals surface area contributed by atoms with E-state index in [0.717, 1.165) is 12.0 Å². The summed E-state index contributed by atoms with van der Waals surface area (Å²) >= 11 is 0. The number of rotatable bonds is 3. The molecule has 3 fully saturated rings. The minimum absolute atomic E-state index is 0.0560. The lowest BCUT2D eigenvalue weighted by Gasteiger charge is -2.58. The van der Waals surface area contributed by atoms with E-state index in [2.05, 4.69) is 37.7 Å². The Morgan fingerprint density at radius 2 is 1.92 bits per heavy atom. The van der Waals surface area contributed by atoms with Crippen molar-refractivity contribution >= 4 is 6.09 Å². The SMILES string of the molecule is CC(C)(C)OC(=O)N1CC2CC(C1)N2C(c1ccccc1)c1nn[nH]n1. The molecule has 26 heavy (non-hydrogen) atoms. The van der Waals surface area contributed by atoms with E-state index in [1.807, 2.05) is 43.9 Å². The summed E-state index contributed by atoms with van der Waals surface area (Å²) in [7, 11) is 0. The molecule has 8 nitrogen and oxygen atoms in total. The van der Waals surface area contributed by atoms with Crippen LogP contribution in [0, 0.1) is 0 Å². The van der Waals surface area contributed by atoms with Gasteiger partial charge >= 0.3 is 6.09 Å². The van der Waals surface area contributed by atoms with Crippen LogP contribution < -0.4 is 0 Å². The van der Waals surface area contributed by atoms with Crippen LogP contribution in [0.4, 0.5) is 4.79 Å². The molecule has 0 spiro atoms. The summed E-state index contributed by atoms with van der Waals surface area (Å²) in [5, 5.41) is 14.8. The lowest BCUT2D eigenvalue weighted by molar-refractivity contribution is -0.0908. The fourth-order valence-corrected chi connectivity index (χ4v) is 3.91. The molecule has 1 amide bonds. The normalized spacial score (nSPS) is 24.0. The number of nitrogens with one attached hydrogen (secondary N) is 1. The highest BCUT2D eigenvalue weighted by atomic mass is 16.6. The maximum atomic E-state index is 12.4. The first kappa shape index (κ1) is 17.0. The van der Waals surface area contributed by atoms with Crippen molar-refractivity contribution in [2.45, 2.75) is 50.9 Å². The molecule has 5 rings (SSSR count). The van der Waals surface area contributed by atoms with Crippen LogP contribution >= 0.6 is 0 Å². The summed E-state index contributed by atoms with van der Waals surface area (Å²) < 4.78 is 5.53. The van der Waals surface area contributed by atoms with Crippen LogP contribution in [0.2, 0.25) is 0 Å². The molecule has 2 aromatic rings. The Labute approximate surface area is 152 Å². The van der Waals surface area contributed by atoms with Crippen LogP contribution in [-0.4, -0.2) is 67.3 Å². The van der Waals surface area contributed by atoms with Gasteiger partial charge in [-0.3, -0.25) is 4.90 Å². The van der Waals surface area contributed by atoms with Gasteiger partial charge in [-0.25, -0.2) is 4.79 Å². The van der Waals surface area contributed by atoms with Gasteiger partial charge in [-0.15, -0.1) is 10.2 Å². The van der Waals surface area contributed by atoms with Crippen molar-refractivity contribution in [1.82, 2.24) is 30.4 Å². The zero-order chi connectivity index (χ0) is 18.3. The second kappa shape index (κ2) is 6.35. The number of H-pyrrole nitrogens is 1. The van der Waals surface area contributed by atoms with E-state index in [0.29, 0.717) is 18.9 Å². The summed E-state index contributed by atoms with van der Waals surface area (Å²) in [6.07, 6.45) is 0.836. The molecule has 1 aromatic carbocycles. The summed E-state index contributed by atoms with van der Waals surface area (Å²) in [5.41, 5.74) is 0.657. The third kappa shape index (κ3) is 3.16. The van der Waals surface area contributed by atoms with Gasteiger partial charge in [-0.2, -0.15) is 5.21 Å². The van der Waals surface area contributed by atoms with E-state index in [4.69, 9.17) is 4.74 Å². The van der Waals surface area contributed by atoms with Gasteiger partial charge in [0.2, 0.25) is 0 Å². The molecule has 1 N–H and O–H groups in total. The molecular weight excluding hydrogens is 332 g/mol. The molecule has 0 aliphatic carbocycles. The summed E-state index contributed by atoms with van der Waals surface area (Å²) in [6.45, 7) is 7.00. The van der Waals surface area contributed by atoms with Crippen molar-refractivity contribution in [1.29, 1.82) is 0 Å². The third-order valence-electron chi connectivity index (χ3n) is 4.92. The molecule has 4 heterocycles. The number of tetrazole rings is 1. The number of nitrogens with zero attached hydrogens (tertiary/aromatic N) is 5. The first-order valence-corrected chi connectivity index (χ1v) is 8.96. The smallest absolute Gasteiger partial charge is 0.410 e. The second-order valence-corrected chi connectivity index (χ2v) is 7.96. The second-order valence-electron chi connectivity index (χ2n) is 7.96. The zero-order valence-corrected chi connectivity index (χ0v) is 15.3. The topological polar surface area (TPSA) is 87.2 Å². The summed E-state index contributed by atoms with van der Waals surface area (Å²) in [6, 6.07) is 10.7. The number of piperazine rings is 1. The first-order valence-electron chi connectivity index (χ1n) is 8.96. The predicted molar refractivity (Wildman–Crippen MR) is 94.3 cm³/mol. The predicted octanol–water partition coefficient (Wildman–Crippen LogP) is 1.98. The number of carbonyl (C=O) groups excluding carboxylic acids is 1. The van der Waals surface area contributed by atoms with Gasteiger partial charge in [-0.05, 0) is 32.8 Å². The van der Waals surface area contributed by atoms with Crippen molar-refractivity contribution in [2.75, 3.05) is 13.1 Å². The van der Waals surface area contributed by atoms with Crippen molar-refractivity contribution in [3.8, 4) is 0 Å². The Balaban J connectivity index is 1.53. The van der Waals surface area contributed by atoms with Gasteiger partial charge < -0.3 is 9.64 Å². The Morgan fingerprint density at radius 3 is 2.50 bits per heavy atom. The van der Waals surface area contributed by atoms with E-state index in [1.54, 1.807) is 0 Å². The van der Waals surface area contributed by atoms with Crippen molar-refractivity contribution in [3.63, 3.8) is 0 Å². The van der Waals surface area contributed by atoms with Crippen molar-refractivity contribution in [2.24, 2.45) is 0 Å². The number of hydrogen-bond donors (Lipinski definition) is 1. The van der Waals surface area contributed by atoms with E-state index < -0.39 is 5.60 Å². The molecule has 3 atom stereocenters. The molecular formula is C18H24N6O2. The van der Waals surface area contributed by atoms with E-state index in [9.17, 15) is 4.79 Å². The third-order valence-corrected chi connectivity index (χ3v) is 4.92. The Morgan fingerprint density at radius 1 is 1.23 bits per heavy atom. The average Bonchev–Trinajstić information content (AvgIpc) is 3.13. The van der Waals surface area contributed by atoms with Gasteiger partial charge in [-0.1, -0.05) is 35.5 Å². The molecule has 3 unspecified atom stereocenters. The highest BCUT2D eigenvalue weighted by Crippen LogP contribution is 2.41. The number of aromatic nitrogens is 4. The average molecular weight is 356 g/mol. The van der Waals surface area contributed by atoms with Gasteiger partial charge in [0.25, 0.3) is 0 Å². The van der Waals surface area contributed by atoms with Crippen molar-refractivity contribution in [3.05, 3.63) is 41.7 Å². The molecule has 3 saturated heterocycles. The summed E-state index contributed by atoms with van der Waals surface area (Å²) in [4.78, 5) is 16.6. The Kier molecular flexibility index (Phi) is 4.14. The Hall–Kier alpha value is -2.48. The van der Waals surface area contributed by atoms with E-state index in [1.165, 1.54) is 0 Å². The number of aromatic amines is 1. The monoisotopic (exact) mass is 356 g/mol. The van der Waals surface area contributed by atoms with Gasteiger partial charge in [0.1, 0.15) is 11.6 Å². The van der Waals surface area contributed by atoms with E-state index >= 15 is 0 Å². The molecule has 0 saturated carbocycles. The lowest BCUT2D eigenvalue weighted by Crippen LogP contribution is -2.70. The van der Waals surface area contributed by atoms with Crippen LogP contribution in [-0.2, 0) is 4.74 Å². The maximum Gasteiger partial charge on any atom is 0.410 e. The molecule has 2 bridgehead atoms. The standard InChI is InChI=1S/C18H24N6O2/c1-18(2,3)26-17(25)23-10-13-9-14(11-23)24(13)15(16-19-21-22-20-16)12-7-5-4-6-8-12/h4-8,13-15H,9-11H2,1-3H3,(H,19,20,21,22). The van der Waals surface area contributed by atoms with E-state index in [-0.39, 0.29) is 24.2 Å². The number of benzene rings is 1. The fourth-order valence-electron chi connectivity index (χ4n) is 3.91. The van der Waals surface area contributed by atoms with Gasteiger partial charge in [0.15, 0.2) is 5.82 Å². The molecule has 0 radical (unpaired) electrons. The summed E-state index contributed by atoms with van der Waals surface area (Å²) in [5.74, 6) is 0.664. The van der Waals surface area contributed by atoms with Crippen LogP contribution in [0.15, 0.2) is 30.3 Å². The zero-order valence-electron chi connectivity index (χ0n) is 15.3. The largest absolute Gasteiger partial charge is 0.444 e. The highest BCUT2D eigenvalue weighted by molar-refractivity contribution is 5.68. The first-order chi connectivity index (χ1) is 12.4. The number of ether oxygens (including phenoxy) is 1. The van der Waals surface area contributed by atoms with Gasteiger partial charge in [0.05, 0.1) is 0 Å². The number of amides is 1. The number of hydrogen-bond acceptors (Lipinski definition) is 6. The fraction of sp³-hybridized carbons (Fsp3) is 0.556. The van der Waals surface area contributed by atoms with Crippen LogP contribution in [0.25, 0.3) is 0 Å². The van der Waals surface area contributed by atoms with Crippen molar-refractivity contribution < 1.29 is 9.53 Å². The quantitative estimate of drug-likeness (QED) is 0.905. The van der Waals surface area contributed by atoms with Gasteiger partial charge in [0, 0.05) is 25.2 Å². The Bertz CT molecular complexity index is 746. The minimum atomic E-state index is -0.477. The van der Waals surface area contributed by atoms with Crippen LogP contribution in [0.3, 0.4) is 0 Å². The molecule has 8 heteroatoms.